The fourth-order valence-corrected chi connectivity index (χ4v) is 5.34. The molecule has 0 aliphatic carbocycles. The van der Waals surface area contributed by atoms with Gasteiger partial charge in [0.1, 0.15) is 0 Å². The van der Waals surface area contributed by atoms with E-state index in [1.165, 1.54) is 9.87 Å². The molecule has 0 unspecified atom stereocenters. The van der Waals surface area contributed by atoms with Gasteiger partial charge < -0.3 is 10.2 Å². The lowest BCUT2D eigenvalue weighted by Gasteiger charge is -2.31. The van der Waals surface area contributed by atoms with E-state index in [1.807, 2.05) is 6.07 Å². The standard InChI is InChI=1S/C23H31N3O3S/c1-3-25(21-9-7-8-19(2)18-21)17-14-24-23(27)20-12-15-26(16-13-20)30(28,29)22-10-5-4-6-11-22/h4-11,18,20H,3,12-17H2,1-2H3,(H,24,27). The van der Waals surface area contributed by atoms with Gasteiger partial charge in [-0.3, -0.25) is 4.79 Å². The van der Waals surface area contributed by atoms with Crippen LogP contribution in [-0.2, 0) is 14.8 Å². The maximum absolute atomic E-state index is 12.7. The Labute approximate surface area is 179 Å². The summed E-state index contributed by atoms with van der Waals surface area (Å²) in [5.74, 6) is -0.117. The molecular weight excluding hydrogens is 398 g/mol. The zero-order valence-electron chi connectivity index (χ0n) is 17.8. The minimum Gasteiger partial charge on any atom is -0.370 e. The first-order valence-electron chi connectivity index (χ1n) is 10.6. The number of piperidine rings is 1. The molecule has 30 heavy (non-hydrogen) atoms. The zero-order chi connectivity index (χ0) is 21.6. The Morgan fingerprint density at radius 2 is 1.80 bits per heavy atom. The Hall–Kier alpha value is -2.38. The molecule has 6 nitrogen and oxygen atoms in total. The maximum Gasteiger partial charge on any atom is 0.243 e. The number of likely N-dealkylation sites (N-methyl/N-ethyl adjacent to an activating group) is 1. The molecular formula is C23H31N3O3S. The number of carbonyl (C=O) groups excluding carboxylic acids is 1. The van der Waals surface area contributed by atoms with E-state index in [0.29, 0.717) is 37.4 Å². The van der Waals surface area contributed by atoms with Crippen LogP contribution in [-0.4, -0.2) is 51.4 Å². The van der Waals surface area contributed by atoms with Crippen LogP contribution in [0.4, 0.5) is 5.69 Å². The number of carbonyl (C=O) groups is 1. The topological polar surface area (TPSA) is 69.7 Å². The van der Waals surface area contributed by atoms with Crippen molar-refractivity contribution in [3.8, 4) is 0 Å². The second-order valence-corrected chi connectivity index (χ2v) is 9.64. The van der Waals surface area contributed by atoms with Crippen LogP contribution in [0.1, 0.15) is 25.3 Å². The van der Waals surface area contributed by atoms with E-state index in [0.717, 1.165) is 18.8 Å². The lowest BCUT2D eigenvalue weighted by molar-refractivity contribution is -0.126. The SMILES string of the molecule is CCN(CCNC(=O)C1CCN(S(=O)(=O)c2ccccc2)CC1)c1cccc(C)c1. The number of nitrogens with zero attached hydrogens (tertiary/aromatic N) is 2. The van der Waals surface area contributed by atoms with Gasteiger partial charge in [-0.25, -0.2) is 8.42 Å². The first kappa shape index (κ1) is 22.3. The van der Waals surface area contributed by atoms with E-state index in [1.54, 1.807) is 30.3 Å². The summed E-state index contributed by atoms with van der Waals surface area (Å²) in [6.07, 6.45) is 1.10. The molecule has 1 saturated heterocycles. The number of amides is 1. The molecule has 1 N–H and O–H groups in total. The van der Waals surface area contributed by atoms with Crippen LogP contribution in [0.25, 0.3) is 0 Å². The van der Waals surface area contributed by atoms with Gasteiger partial charge in [-0.05, 0) is 56.5 Å². The van der Waals surface area contributed by atoms with E-state index >= 15 is 0 Å². The molecule has 2 aromatic rings. The van der Waals surface area contributed by atoms with E-state index in [-0.39, 0.29) is 11.8 Å². The molecule has 0 spiro atoms. The Morgan fingerprint density at radius 3 is 2.43 bits per heavy atom. The molecule has 0 atom stereocenters. The molecule has 1 fully saturated rings. The van der Waals surface area contributed by atoms with Gasteiger partial charge >= 0.3 is 0 Å². The molecule has 1 aliphatic rings. The van der Waals surface area contributed by atoms with Crippen molar-refractivity contribution < 1.29 is 13.2 Å². The minimum atomic E-state index is -3.48. The van der Waals surface area contributed by atoms with Crippen molar-refractivity contribution in [2.24, 2.45) is 5.92 Å². The van der Waals surface area contributed by atoms with Crippen LogP contribution in [0.2, 0.25) is 0 Å². The Morgan fingerprint density at radius 1 is 1.10 bits per heavy atom. The van der Waals surface area contributed by atoms with Crippen molar-refractivity contribution in [2.45, 2.75) is 31.6 Å². The largest absolute Gasteiger partial charge is 0.370 e. The van der Waals surface area contributed by atoms with Gasteiger partial charge in [0.25, 0.3) is 0 Å². The van der Waals surface area contributed by atoms with Crippen molar-refractivity contribution in [1.29, 1.82) is 0 Å². The normalized spacial score (nSPS) is 15.7. The molecule has 1 amide bonds. The summed E-state index contributed by atoms with van der Waals surface area (Å²) >= 11 is 0. The van der Waals surface area contributed by atoms with Gasteiger partial charge in [-0.2, -0.15) is 4.31 Å². The minimum absolute atomic E-state index is 0.0204. The third kappa shape index (κ3) is 5.40. The molecule has 7 heteroatoms. The van der Waals surface area contributed by atoms with Gasteiger partial charge in [0, 0.05) is 44.3 Å². The summed E-state index contributed by atoms with van der Waals surface area (Å²) in [6, 6.07) is 16.8. The predicted molar refractivity (Wildman–Crippen MR) is 120 cm³/mol. The fourth-order valence-electron chi connectivity index (χ4n) is 3.85. The molecule has 0 bridgehead atoms. The fraction of sp³-hybridized carbons (Fsp3) is 0.435. The quantitative estimate of drug-likeness (QED) is 0.700. The van der Waals surface area contributed by atoms with Crippen molar-refractivity contribution in [3.63, 3.8) is 0 Å². The van der Waals surface area contributed by atoms with Gasteiger partial charge in [0.2, 0.25) is 15.9 Å². The van der Waals surface area contributed by atoms with Crippen LogP contribution < -0.4 is 10.2 Å². The molecule has 162 valence electrons. The highest BCUT2D eigenvalue weighted by Gasteiger charge is 2.31. The van der Waals surface area contributed by atoms with E-state index < -0.39 is 10.0 Å². The first-order chi connectivity index (χ1) is 14.4. The summed E-state index contributed by atoms with van der Waals surface area (Å²) in [5, 5.41) is 3.04. The number of aryl methyl sites for hydroxylation is 1. The molecule has 2 aromatic carbocycles. The lowest BCUT2D eigenvalue weighted by atomic mass is 9.97. The number of nitrogens with one attached hydrogen (secondary N) is 1. The summed E-state index contributed by atoms with van der Waals surface area (Å²) in [6.45, 7) is 7.11. The molecule has 0 aromatic heterocycles. The summed E-state index contributed by atoms with van der Waals surface area (Å²) in [4.78, 5) is 15.1. The Balaban J connectivity index is 1.47. The summed E-state index contributed by atoms with van der Waals surface area (Å²) in [5.41, 5.74) is 2.37. The number of hydrogen-bond donors (Lipinski definition) is 1. The lowest BCUT2D eigenvalue weighted by Crippen LogP contribution is -2.44. The van der Waals surface area contributed by atoms with Crippen molar-refractivity contribution in [1.82, 2.24) is 9.62 Å². The zero-order valence-corrected chi connectivity index (χ0v) is 18.6. The molecule has 1 heterocycles. The van der Waals surface area contributed by atoms with Crippen LogP contribution in [0.15, 0.2) is 59.5 Å². The van der Waals surface area contributed by atoms with Crippen LogP contribution in [0.5, 0.6) is 0 Å². The van der Waals surface area contributed by atoms with E-state index in [9.17, 15) is 13.2 Å². The van der Waals surface area contributed by atoms with E-state index in [4.69, 9.17) is 0 Å². The number of hydrogen-bond acceptors (Lipinski definition) is 4. The second kappa shape index (κ2) is 10.1. The summed E-state index contributed by atoms with van der Waals surface area (Å²) in [7, 11) is -3.48. The highest BCUT2D eigenvalue weighted by Crippen LogP contribution is 2.24. The predicted octanol–water partition coefficient (Wildman–Crippen LogP) is 3.04. The highest BCUT2D eigenvalue weighted by atomic mass is 32.2. The van der Waals surface area contributed by atoms with Crippen molar-refractivity contribution in [3.05, 3.63) is 60.2 Å². The van der Waals surface area contributed by atoms with Crippen LogP contribution >= 0.6 is 0 Å². The van der Waals surface area contributed by atoms with Crippen LogP contribution in [0, 0.1) is 12.8 Å². The third-order valence-electron chi connectivity index (χ3n) is 5.64. The molecule has 3 rings (SSSR count). The maximum atomic E-state index is 12.7. The number of rotatable bonds is 8. The second-order valence-electron chi connectivity index (χ2n) is 7.70. The highest BCUT2D eigenvalue weighted by molar-refractivity contribution is 7.89. The number of anilines is 1. The monoisotopic (exact) mass is 429 g/mol. The number of benzene rings is 2. The van der Waals surface area contributed by atoms with Crippen molar-refractivity contribution >= 4 is 21.6 Å². The number of sulfonamides is 1. The van der Waals surface area contributed by atoms with Crippen LogP contribution in [0.3, 0.4) is 0 Å². The average Bonchev–Trinajstić information content (AvgIpc) is 2.77. The first-order valence-corrected chi connectivity index (χ1v) is 12.0. The van der Waals surface area contributed by atoms with Crippen molar-refractivity contribution in [2.75, 3.05) is 37.6 Å². The smallest absolute Gasteiger partial charge is 0.243 e. The Bertz CT molecular complexity index is 939. The van der Waals surface area contributed by atoms with Gasteiger partial charge in [0.15, 0.2) is 0 Å². The molecule has 1 aliphatic heterocycles. The Kier molecular flexibility index (Phi) is 7.50. The molecule has 0 saturated carbocycles. The summed E-state index contributed by atoms with van der Waals surface area (Å²) < 4.78 is 26.9. The van der Waals surface area contributed by atoms with Gasteiger partial charge in [0.05, 0.1) is 4.90 Å². The van der Waals surface area contributed by atoms with E-state index in [2.05, 4.69) is 42.3 Å². The third-order valence-corrected chi connectivity index (χ3v) is 7.55. The average molecular weight is 430 g/mol. The van der Waals surface area contributed by atoms with Gasteiger partial charge in [-0.1, -0.05) is 30.3 Å². The molecule has 0 radical (unpaired) electrons. The van der Waals surface area contributed by atoms with Gasteiger partial charge in [-0.15, -0.1) is 0 Å².